The van der Waals surface area contributed by atoms with E-state index in [4.69, 9.17) is 23.2 Å². The minimum Gasteiger partial charge on any atom is -0.381 e. The lowest BCUT2D eigenvalue weighted by Crippen LogP contribution is -2.52. The molecule has 2 saturated heterocycles. The lowest BCUT2D eigenvalue weighted by atomic mass is 9.96. The number of pyridine rings is 1. The van der Waals surface area contributed by atoms with Gasteiger partial charge in [-0.3, -0.25) is 15.0 Å². The first-order valence-electron chi connectivity index (χ1n) is 11.7. The van der Waals surface area contributed by atoms with Crippen LogP contribution < -0.4 is 10.0 Å². The molecule has 34 heavy (non-hydrogen) atoms. The van der Waals surface area contributed by atoms with Crippen molar-refractivity contribution < 1.29 is 19.8 Å². The maximum Gasteiger partial charge on any atom is 0.321 e. The molecular weight excluding hydrogens is 477 g/mol. The second kappa shape index (κ2) is 11.6. The lowest BCUT2D eigenvalue weighted by molar-refractivity contribution is -0.911. The third-order valence-corrected chi connectivity index (χ3v) is 7.33. The van der Waals surface area contributed by atoms with Crippen LogP contribution in [0.1, 0.15) is 24.6 Å². The largest absolute Gasteiger partial charge is 0.381 e. The van der Waals surface area contributed by atoms with Crippen LogP contribution in [0.4, 0.5) is 10.5 Å². The Morgan fingerprint density at radius 2 is 1.88 bits per heavy atom. The highest BCUT2D eigenvalue weighted by Gasteiger charge is 2.29. The van der Waals surface area contributed by atoms with Crippen LogP contribution in [0.2, 0.25) is 10.0 Å². The number of anilines is 1. The van der Waals surface area contributed by atoms with Crippen LogP contribution in [0.15, 0.2) is 42.6 Å². The normalized spacial score (nSPS) is 20.8. The van der Waals surface area contributed by atoms with E-state index in [1.807, 2.05) is 11.0 Å². The zero-order chi connectivity index (χ0) is 24.1. The maximum absolute atomic E-state index is 12.6. The number of aromatic nitrogens is 1. The average Bonchev–Trinajstić information content (AvgIpc) is 2.82. The number of piperidine rings is 1. The number of aliphatic hydroxyl groups excluding tert-OH is 1. The van der Waals surface area contributed by atoms with Gasteiger partial charge in [0.05, 0.1) is 10.0 Å². The summed E-state index contributed by atoms with van der Waals surface area (Å²) in [4.78, 5) is 19.2. The third-order valence-electron chi connectivity index (χ3n) is 6.59. The first kappa shape index (κ1) is 25.0. The van der Waals surface area contributed by atoms with E-state index in [1.165, 1.54) is 6.20 Å². The van der Waals surface area contributed by atoms with E-state index < -0.39 is 6.10 Å². The summed E-state index contributed by atoms with van der Waals surface area (Å²) >= 11 is 12.0. The molecule has 0 spiro atoms. The molecule has 1 aromatic carbocycles. The molecule has 2 atom stereocenters. The van der Waals surface area contributed by atoms with E-state index >= 15 is 0 Å². The summed E-state index contributed by atoms with van der Waals surface area (Å²) in [5, 5.41) is 24.3. The van der Waals surface area contributed by atoms with Crippen molar-refractivity contribution in [2.75, 3.05) is 57.7 Å². The number of likely N-dealkylation sites (tertiary alicyclic amines) is 1. The zero-order valence-corrected chi connectivity index (χ0v) is 20.6. The van der Waals surface area contributed by atoms with Gasteiger partial charge in [-0.25, -0.2) is 4.79 Å². The van der Waals surface area contributed by atoms with Gasteiger partial charge in [0, 0.05) is 68.4 Å². The number of carbonyl (C=O) groups is 1. The van der Waals surface area contributed by atoms with Crippen molar-refractivity contribution in [3.05, 3.63) is 58.3 Å². The molecule has 2 amide bonds. The molecule has 3 N–H and O–H groups in total. The summed E-state index contributed by atoms with van der Waals surface area (Å²) in [5.74, 6) is 0.523. The second-order valence-corrected chi connectivity index (χ2v) is 9.91. The first-order chi connectivity index (χ1) is 16.4. The van der Waals surface area contributed by atoms with Crippen molar-refractivity contribution in [2.24, 2.45) is 5.92 Å². The molecule has 8 nitrogen and oxygen atoms in total. The molecule has 0 radical (unpaired) electrons. The Hall–Kier alpha value is -2.10. The lowest BCUT2D eigenvalue weighted by Gasteiger charge is -2.39. The number of carbonyl (C=O) groups excluding carboxylic acids is 1. The molecule has 4 rings (SSSR count). The van der Waals surface area contributed by atoms with Crippen LogP contribution in [-0.4, -0.2) is 83.4 Å². The number of nitrogens with one attached hydrogen (secondary N) is 1. The zero-order valence-electron chi connectivity index (χ0n) is 19.1. The van der Waals surface area contributed by atoms with Crippen molar-refractivity contribution in [1.29, 1.82) is 0 Å². The van der Waals surface area contributed by atoms with Crippen molar-refractivity contribution in [1.82, 2.24) is 14.7 Å². The first-order valence-corrected chi connectivity index (χ1v) is 12.5. The van der Waals surface area contributed by atoms with Gasteiger partial charge in [-0.1, -0.05) is 23.2 Å². The highest BCUT2D eigenvalue weighted by atomic mass is 35.5. The number of halogens is 2. The highest BCUT2D eigenvalue weighted by molar-refractivity contribution is 6.42. The van der Waals surface area contributed by atoms with Crippen LogP contribution in [0.3, 0.4) is 0 Å². The molecule has 1 aromatic heterocycles. The van der Waals surface area contributed by atoms with E-state index in [0.717, 1.165) is 50.3 Å². The molecule has 3 heterocycles. The topological polar surface area (TPSA) is 83.2 Å². The van der Waals surface area contributed by atoms with Crippen LogP contribution in [0.5, 0.6) is 0 Å². The fourth-order valence-electron chi connectivity index (χ4n) is 4.79. The number of hydrogen-bond acceptors (Lipinski definition) is 5. The van der Waals surface area contributed by atoms with Gasteiger partial charge in [0.25, 0.3) is 5.69 Å². The van der Waals surface area contributed by atoms with Gasteiger partial charge in [-0.05, 0) is 49.6 Å². The van der Waals surface area contributed by atoms with Gasteiger partial charge in [0.1, 0.15) is 0 Å². The number of hydrogen-bond donors (Lipinski definition) is 3. The van der Waals surface area contributed by atoms with E-state index in [2.05, 4.69) is 15.1 Å². The number of benzene rings is 1. The number of nitrogens with zero attached hydrogens (tertiary/aromatic N) is 4. The van der Waals surface area contributed by atoms with Crippen LogP contribution >= 0.6 is 23.2 Å². The van der Waals surface area contributed by atoms with Crippen molar-refractivity contribution in [3.8, 4) is 0 Å². The molecule has 2 fully saturated rings. The van der Waals surface area contributed by atoms with Crippen molar-refractivity contribution in [3.63, 3.8) is 0 Å². The predicted octanol–water partition coefficient (Wildman–Crippen LogP) is 3.11. The quantitative estimate of drug-likeness (QED) is 0.412. The van der Waals surface area contributed by atoms with Crippen LogP contribution in [-0.2, 0) is 0 Å². The fraction of sp³-hybridized carbons (Fsp3) is 0.500. The fourth-order valence-corrected chi connectivity index (χ4v) is 5.09. The number of urea groups is 1. The third kappa shape index (κ3) is 6.52. The van der Waals surface area contributed by atoms with E-state index in [1.54, 1.807) is 30.3 Å². The maximum atomic E-state index is 12.6. The smallest absolute Gasteiger partial charge is 0.321 e. The number of amides is 2. The number of β-amino-alcohol motifs (C(OH)–C–C–N with tert-alkyl or cyclic N) is 1. The van der Waals surface area contributed by atoms with Gasteiger partial charge in [0.2, 0.25) is 6.20 Å². The monoisotopic (exact) mass is 508 g/mol. The molecule has 0 aliphatic carbocycles. The van der Waals surface area contributed by atoms with Gasteiger partial charge in [-0.15, -0.1) is 0 Å². The van der Waals surface area contributed by atoms with Crippen molar-refractivity contribution >= 4 is 34.9 Å². The van der Waals surface area contributed by atoms with Crippen molar-refractivity contribution in [2.45, 2.75) is 18.9 Å². The molecule has 2 aliphatic heterocycles. The van der Waals surface area contributed by atoms with Gasteiger partial charge in [0.15, 0.2) is 6.10 Å². The van der Waals surface area contributed by atoms with Gasteiger partial charge in [-0.2, -0.15) is 0 Å². The predicted molar refractivity (Wildman–Crippen MR) is 131 cm³/mol. The molecule has 0 bridgehead atoms. The summed E-state index contributed by atoms with van der Waals surface area (Å²) in [6.07, 6.45) is 3.05. The van der Waals surface area contributed by atoms with Gasteiger partial charge < -0.3 is 15.3 Å². The summed E-state index contributed by atoms with van der Waals surface area (Å²) in [5.41, 5.74) is 1.13. The Morgan fingerprint density at radius 3 is 2.62 bits per heavy atom. The molecule has 2 aliphatic rings. The number of piperazine rings is 1. The Morgan fingerprint density at radius 1 is 1.09 bits per heavy atom. The average molecular weight is 509 g/mol. The molecule has 10 heteroatoms. The highest BCUT2D eigenvalue weighted by Crippen LogP contribution is 2.25. The van der Waals surface area contributed by atoms with Crippen LogP contribution in [0.25, 0.3) is 0 Å². The minimum atomic E-state index is -0.734. The SMILES string of the molecule is O=C(Nc1ccc(Cl)c(Cl)c1)N1CCN(C[C@@H]2CCCN(CC(O)c3cccc[n+]3O)C2)CC1. The Kier molecular flexibility index (Phi) is 8.50. The second-order valence-electron chi connectivity index (χ2n) is 9.10. The van der Waals surface area contributed by atoms with Gasteiger partial charge >= 0.3 is 6.03 Å². The number of rotatable bonds is 6. The van der Waals surface area contributed by atoms with E-state index in [0.29, 0.717) is 47.0 Å². The molecule has 2 aromatic rings. The summed E-state index contributed by atoms with van der Waals surface area (Å²) in [7, 11) is 0. The molecule has 0 saturated carbocycles. The molecule has 184 valence electrons. The molecular formula is C24H32Cl2N5O3+. The molecule has 1 unspecified atom stereocenters. The van der Waals surface area contributed by atoms with E-state index in [9.17, 15) is 15.1 Å². The minimum absolute atomic E-state index is 0.127. The number of aliphatic hydroxyl groups is 1. The standard InChI is InChI=1S/C24H31Cl2N5O3/c25-20-7-6-19(14-21(20)26)27-24(33)30-12-10-28(11-13-30)15-18-4-3-8-29(16-18)17-23(32)22-5-1-2-9-31(22)34/h1-2,5-7,9,14,18,23,32H,3-4,8,10-13,15-17H2,(H-,27,33,34)/p+1/t18-,23?/m0/s1. The Bertz CT molecular complexity index is 987. The summed E-state index contributed by atoms with van der Waals surface area (Å²) < 4.78 is 0.989. The van der Waals surface area contributed by atoms with E-state index in [-0.39, 0.29) is 6.03 Å². The Balaban J connectivity index is 1.21. The van der Waals surface area contributed by atoms with Crippen LogP contribution in [0, 0.1) is 5.92 Å². The summed E-state index contributed by atoms with van der Waals surface area (Å²) in [6.45, 7) is 6.39. The Labute approximate surface area is 210 Å². The summed E-state index contributed by atoms with van der Waals surface area (Å²) in [6, 6.07) is 10.2.